The molecular formula is C9H13N7S. The first-order valence-corrected chi connectivity index (χ1v) is 6.31. The van der Waals surface area contributed by atoms with Gasteiger partial charge in [0.15, 0.2) is 5.82 Å². The molecule has 1 fully saturated rings. The van der Waals surface area contributed by atoms with Gasteiger partial charge in [-0.15, -0.1) is 10.2 Å². The Morgan fingerprint density at radius 2 is 2.47 bits per heavy atom. The van der Waals surface area contributed by atoms with E-state index in [4.69, 9.17) is 5.73 Å². The monoisotopic (exact) mass is 251 g/mol. The molecule has 3 heterocycles. The van der Waals surface area contributed by atoms with Crippen LogP contribution in [0.25, 0.3) is 10.7 Å². The van der Waals surface area contributed by atoms with E-state index in [1.807, 2.05) is 0 Å². The summed E-state index contributed by atoms with van der Waals surface area (Å²) in [5.74, 6) is 1.43. The maximum atomic E-state index is 5.94. The van der Waals surface area contributed by atoms with Crippen molar-refractivity contribution in [3.8, 4) is 10.7 Å². The van der Waals surface area contributed by atoms with Crippen LogP contribution in [0.3, 0.4) is 0 Å². The number of rotatable bonds is 2. The molecule has 1 aliphatic heterocycles. The van der Waals surface area contributed by atoms with E-state index < -0.39 is 0 Å². The van der Waals surface area contributed by atoms with Crippen LogP contribution in [0.2, 0.25) is 0 Å². The van der Waals surface area contributed by atoms with Crippen molar-refractivity contribution in [2.45, 2.75) is 18.9 Å². The zero-order chi connectivity index (χ0) is 11.7. The molecule has 2 aromatic heterocycles. The molecular weight excluding hydrogens is 238 g/mol. The number of aromatic amines is 1. The molecule has 0 amide bonds. The van der Waals surface area contributed by atoms with Crippen LogP contribution < -0.4 is 10.6 Å². The predicted molar refractivity (Wildman–Crippen MR) is 64.7 cm³/mol. The second kappa shape index (κ2) is 4.38. The van der Waals surface area contributed by atoms with Crippen molar-refractivity contribution < 1.29 is 0 Å². The number of H-pyrrole nitrogens is 1. The molecule has 8 heteroatoms. The van der Waals surface area contributed by atoms with Gasteiger partial charge in [0.1, 0.15) is 4.88 Å². The lowest BCUT2D eigenvalue weighted by atomic mass is 10.1. The van der Waals surface area contributed by atoms with E-state index >= 15 is 0 Å². The lowest BCUT2D eigenvalue weighted by Gasteiger charge is -2.29. The Balaban J connectivity index is 1.80. The molecule has 0 radical (unpaired) electrons. The second-order valence-electron chi connectivity index (χ2n) is 4.11. The van der Waals surface area contributed by atoms with E-state index in [1.54, 1.807) is 6.20 Å². The van der Waals surface area contributed by atoms with Gasteiger partial charge in [-0.3, -0.25) is 5.10 Å². The van der Waals surface area contributed by atoms with E-state index in [1.165, 1.54) is 11.5 Å². The molecule has 7 nitrogen and oxygen atoms in total. The van der Waals surface area contributed by atoms with Crippen LogP contribution in [0.1, 0.15) is 12.8 Å². The molecule has 3 rings (SSSR count). The maximum Gasteiger partial charge on any atom is 0.245 e. The van der Waals surface area contributed by atoms with Gasteiger partial charge in [0.05, 0.1) is 6.20 Å². The third-order valence-corrected chi connectivity index (χ3v) is 3.48. The third kappa shape index (κ3) is 2.13. The molecule has 0 spiro atoms. The van der Waals surface area contributed by atoms with Crippen LogP contribution in [-0.4, -0.2) is 43.9 Å². The van der Waals surface area contributed by atoms with Gasteiger partial charge in [0.2, 0.25) is 5.95 Å². The van der Waals surface area contributed by atoms with Gasteiger partial charge in [-0.25, -0.2) is 0 Å². The lowest BCUT2D eigenvalue weighted by molar-refractivity contribution is 0.500. The van der Waals surface area contributed by atoms with Gasteiger partial charge < -0.3 is 10.6 Å². The average molecular weight is 251 g/mol. The van der Waals surface area contributed by atoms with Crippen LogP contribution in [-0.2, 0) is 0 Å². The molecule has 1 saturated heterocycles. The number of nitrogens with one attached hydrogen (secondary N) is 1. The minimum atomic E-state index is 0.218. The van der Waals surface area contributed by atoms with Crippen molar-refractivity contribution in [2.75, 3.05) is 18.0 Å². The second-order valence-corrected chi connectivity index (χ2v) is 4.90. The largest absolute Gasteiger partial charge is 0.338 e. The van der Waals surface area contributed by atoms with E-state index in [0.29, 0.717) is 11.8 Å². The standard InChI is InChI=1S/C9H13N7S/c10-6-2-1-3-16(5-6)9-12-8(13-14-9)7-4-11-15-17-7/h4,6H,1-3,5,10H2,(H,12,13,14). The quantitative estimate of drug-likeness (QED) is 0.794. The number of nitrogens with two attached hydrogens (primary N) is 1. The third-order valence-electron chi connectivity index (χ3n) is 2.81. The molecule has 1 unspecified atom stereocenters. The number of piperidine rings is 1. The Bertz CT molecular complexity index is 479. The zero-order valence-electron chi connectivity index (χ0n) is 9.20. The fourth-order valence-electron chi connectivity index (χ4n) is 1.97. The fraction of sp³-hybridized carbons (Fsp3) is 0.556. The Hall–Kier alpha value is -1.54. The molecule has 3 N–H and O–H groups in total. The van der Waals surface area contributed by atoms with Crippen molar-refractivity contribution in [1.82, 2.24) is 24.8 Å². The first-order valence-electron chi connectivity index (χ1n) is 5.53. The van der Waals surface area contributed by atoms with E-state index in [0.717, 1.165) is 30.8 Å². The van der Waals surface area contributed by atoms with Gasteiger partial charge in [0, 0.05) is 19.1 Å². The molecule has 1 atom stereocenters. The normalized spacial score (nSPS) is 20.8. The van der Waals surface area contributed by atoms with Crippen molar-refractivity contribution in [1.29, 1.82) is 0 Å². The first kappa shape index (κ1) is 10.6. The van der Waals surface area contributed by atoms with Crippen LogP contribution >= 0.6 is 11.5 Å². The number of aromatic nitrogens is 5. The summed E-state index contributed by atoms with van der Waals surface area (Å²) in [6, 6.07) is 0.218. The summed E-state index contributed by atoms with van der Waals surface area (Å²) in [6.45, 7) is 1.78. The molecule has 0 bridgehead atoms. The highest BCUT2D eigenvalue weighted by Crippen LogP contribution is 2.21. The highest BCUT2D eigenvalue weighted by Gasteiger charge is 2.20. The van der Waals surface area contributed by atoms with Crippen LogP contribution in [0, 0.1) is 0 Å². The van der Waals surface area contributed by atoms with E-state index in [2.05, 4.69) is 29.7 Å². The lowest BCUT2D eigenvalue weighted by Crippen LogP contribution is -2.43. The topological polar surface area (TPSA) is 96.6 Å². The van der Waals surface area contributed by atoms with Crippen molar-refractivity contribution in [3.05, 3.63) is 6.20 Å². The fourth-order valence-corrected chi connectivity index (χ4v) is 2.42. The van der Waals surface area contributed by atoms with Crippen molar-refractivity contribution >= 4 is 17.5 Å². The van der Waals surface area contributed by atoms with Gasteiger partial charge >= 0.3 is 0 Å². The van der Waals surface area contributed by atoms with Gasteiger partial charge in [-0.1, -0.05) is 4.49 Å². The zero-order valence-corrected chi connectivity index (χ0v) is 10.0. The number of hydrogen-bond donors (Lipinski definition) is 2. The summed E-state index contributed by atoms with van der Waals surface area (Å²) in [5, 5.41) is 10.9. The molecule has 0 saturated carbocycles. The van der Waals surface area contributed by atoms with E-state index in [9.17, 15) is 0 Å². The van der Waals surface area contributed by atoms with Crippen LogP contribution in [0.5, 0.6) is 0 Å². The average Bonchev–Trinajstić information content (AvgIpc) is 3.00. The van der Waals surface area contributed by atoms with E-state index in [-0.39, 0.29) is 6.04 Å². The number of hydrogen-bond acceptors (Lipinski definition) is 7. The Kier molecular flexibility index (Phi) is 2.73. The summed E-state index contributed by atoms with van der Waals surface area (Å²) < 4.78 is 3.80. The van der Waals surface area contributed by atoms with Crippen LogP contribution in [0.4, 0.5) is 5.95 Å². The molecule has 90 valence electrons. The van der Waals surface area contributed by atoms with Crippen molar-refractivity contribution in [2.24, 2.45) is 5.73 Å². The summed E-state index contributed by atoms with van der Waals surface area (Å²) in [5.41, 5.74) is 5.94. The summed E-state index contributed by atoms with van der Waals surface area (Å²) >= 11 is 1.30. The predicted octanol–water partition coefficient (Wildman–Crippen LogP) is 0.251. The molecule has 0 aliphatic carbocycles. The highest BCUT2D eigenvalue weighted by atomic mass is 32.1. The number of anilines is 1. The molecule has 0 aromatic carbocycles. The highest BCUT2D eigenvalue weighted by molar-refractivity contribution is 7.09. The Labute approximate surface area is 102 Å². The molecule has 2 aromatic rings. The Morgan fingerprint density at radius 3 is 3.24 bits per heavy atom. The SMILES string of the molecule is NC1CCCN(c2n[nH]c(-c3cnns3)n2)C1. The summed E-state index contributed by atoms with van der Waals surface area (Å²) in [6.07, 6.45) is 3.84. The first-order chi connectivity index (χ1) is 8.33. The molecule has 17 heavy (non-hydrogen) atoms. The molecule has 1 aliphatic rings. The van der Waals surface area contributed by atoms with Crippen molar-refractivity contribution in [3.63, 3.8) is 0 Å². The maximum absolute atomic E-state index is 5.94. The minimum absolute atomic E-state index is 0.218. The number of nitrogens with zero attached hydrogens (tertiary/aromatic N) is 5. The summed E-state index contributed by atoms with van der Waals surface area (Å²) in [4.78, 5) is 7.45. The van der Waals surface area contributed by atoms with Gasteiger partial charge in [-0.2, -0.15) is 4.98 Å². The van der Waals surface area contributed by atoms with Crippen LogP contribution in [0.15, 0.2) is 6.20 Å². The van der Waals surface area contributed by atoms with Gasteiger partial charge in [-0.05, 0) is 24.4 Å². The Morgan fingerprint density at radius 1 is 1.53 bits per heavy atom. The summed E-state index contributed by atoms with van der Waals surface area (Å²) in [7, 11) is 0. The minimum Gasteiger partial charge on any atom is -0.338 e. The smallest absolute Gasteiger partial charge is 0.245 e. The van der Waals surface area contributed by atoms with Gasteiger partial charge in [0.25, 0.3) is 0 Å².